The number of para-hydroxylation sites is 2. The average Bonchev–Trinajstić information content (AvgIpc) is 2.82. The van der Waals surface area contributed by atoms with Crippen LogP contribution < -0.4 is 19.5 Å². The predicted octanol–water partition coefficient (Wildman–Crippen LogP) is 5.31. The number of carbonyl (C=O) groups excluding carboxylic acids is 1. The number of anilines is 2. The molecule has 0 aliphatic heterocycles. The Labute approximate surface area is 200 Å². The van der Waals surface area contributed by atoms with Gasteiger partial charge in [-0.15, -0.1) is 0 Å². The molecule has 0 saturated carbocycles. The summed E-state index contributed by atoms with van der Waals surface area (Å²) in [5.74, 6) is 0.428. The SMILES string of the molecule is CC[C@H](Oc1ccccc1OC)C(=O)Nc1ccc(S(=O)(=O)Nc2cccc(C(F)(F)F)c2)cc1. The quantitative estimate of drug-likeness (QED) is 0.409. The highest BCUT2D eigenvalue weighted by atomic mass is 32.2. The number of methoxy groups -OCH3 is 1. The van der Waals surface area contributed by atoms with E-state index in [1.807, 2.05) is 0 Å². The summed E-state index contributed by atoms with van der Waals surface area (Å²) in [5, 5.41) is 2.66. The van der Waals surface area contributed by atoms with E-state index in [0.717, 1.165) is 12.1 Å². The first-order chi connectivity index (χ1) is 16.5. The second-order valence-electron chi connectivity index (χ2n) is 7.36. The Hall–Kier alpha value is -3.73. The number of amides is 1. The molecule has 0 fully saturated rings. The van der Waals surface area contributed by atoms with E-state index in [9.17, 15) is 26.4 Å². The molecule has 0 aliphatic carbocycles. The Morgan fingerprint density at radius 3 is 2.20 bits per heavy atom. The van der Waals surface area contributed by atoms with Crippen molar-refractivity contribution in [2.24, 2.45) is 0 Å². The smallest absolute Gasteiger partial charge is 0.416 e. The highest BCUT2D eigenvalue weighted by Crippen LogP contribution is 2.31. The first-order valence-corrected chi connectivity index (χ1v) is 11.9. The van der Waals surface area contributed by atoms with Gasteiger partial charge >= 0.3 is 6.18 Å². The van der Waals surface area contributed by atoms with Gasteiger partial charge in [0.15, 0.2) is 17.6 Å². The second kappa shape index (κ2) is 10.7. The van der Waals surface area contributed by atoms with Crippen LogP contribution in [-0.2, 0) is 21.0 Å². The summed E-state index contributed by atoms with van der Waals surface area (Å²) in [7, 11) is -2.67. The molecule has 0 radical (unpaired) electrons. The van der Waals surface area contributed by atoms with Crippen molar-refractivity contribution in [3.63, 3.8) is 0 Å². The van der Waals surface area contributed by atoms with Crippen LogP contribution in [0.2, 0.25) is 0 Å². The minimum atomic E-state index is -4.60. The van der Waals surface area contributed by atoms with E-state index in [-0.39, 0.29) is 10.6 Å². The second-order valence-corrected chi connectivity index (χ2v) is 9.05. The van der Waals surface area contributed by atoms with Crippen LogP contribution in [0.3, 0.4) is 0 Å². The molecule has 0 bridgehead atoms. The van der Waals surface area contributed by atoms with Crippen molar-refractivity contribution in [2.45, 2.75) is 30.5 Å². The van der Waals surface area contributed by atoms with Crippen LogP contribution in [0.4, 0.5) is 24.5 Å². The molecule has 11 heteroatoms. The molecule has 7 nitrogen and oxygen atoms in total. The molecule has 186 valence electrons. The van der Waals surface area contributed by atoms with E-state index in [1.54, 1.807) is 31.2 Å². The molecule has 3 aromatic carbocycles. The highest BCUT2D eigenvalue weighted by molar-refractivity contribution is 7.92. The molecule has 0 aromatic heterocycles. The van der Waals surface area contributed by atoms with Crippen molar-refractivity contribution in [3.05, 3.63) is 78.4 Å². The van der Waals surface area contributed by atoms with Gasteiger partial charge in [0.2, 0.25) is 0 Å². The number of rotatable bonds is 9. The number of hydrogen-bond acceptors (Lipinski definition) is 5. The van der Waals surface area contributed by atoms with E-state index in [2.05, 4.69) is 10.0 Å². The van der Waals surface area contributed by atoms with Gasteiger partial charge in [-0.05, 0) is 61.0 Å². The Morgan fingerprint density at radius 1 is 0.943 bits per heavy atom. The fraction of sp³-hybridized carbons (Fsp3) is 0.208. The van der Waals surface area contributed by atoms with Gasteiger partial charge < -0.3 is 14.8 Å². The molecule has 1 amide bonds. The third-order valence-corrected chi connectivity index (χ3v) is 6.27. The minimum absolute atomic E-state index is 0.190. The summed E-state index contributed by atoms with van der Waals surface area (Å²) in [5.41, 5.74) is -0.886. The monoisotopic (exact) mass is 508 g/mol. The molecule has 35 heavy (non-hydrogen) atoms. The van der Waals surface area contributed by atoms with E-state index in [0.29, 0.717) is 29.7 Å². The van der Waals surface area contributed by atoms with Crippen LogP contribution in [0, 0.1) is 0 Å². The van der Waals surface area contributed by atoms with Gasteiger partial charge in [0.25, 0.3) is 15.9 Å². The molecule has 1 atom stereocenters. The molecule has 3 rings (SSSR count). The van der Waals surface area contributed by atoms with Crippen LogP contribution in [0.5, 0.6) is 11.5 Å². The van der Waals surface area contributed by atoms with Gasteiger partial charge in [-0.1, -0.05) is 25.1 Å². The number of ether oxygens (including phenoxy) is 2. The maximum absolute atomic E-state index is 12.9. The number of hydrogen-bond donors (Lipinski definition) is 2. The van der Waals surface area contributed by atoms with E-state index < -0.39 is 33.8 Å². The van der Waals surface area contributed by atoms with E-state index in [1.165, 1.54) is 37.4 Å². The minimum Gasteiger partial charge on any atom is -0.493 e. The zero-order valence-electron chi connectivity index (χ0n) is 18.8. The maximum atomic E-state index is 12.9. The van der Waals surface area contributed by atoms with Crippen molar-refractivity contribution < 1.29 is 35.9 Å². The van der Waals surface area contributed by atoms with Gasteiger partial charge in [-0.25, -0.2) is 8.42 Å². The number of sulfonamides is 1. The normalized spacial score (nSPS) is 12.5. The number of carbonyl (C=O) groups is 1. The lowest BCUT2D eigenvalue weighted by Gasteiger charge is -2.19. The van der Waals surface area contributed by atoms with Crippen molar-refractivity contribution in [1.29, 1.82) is 0 Å². The fourth-order valence-electron chi connectivity index (χ4n) is 3.10. The molecular formula is C24H23F3N2O5S. The average molecular weight is 509 g/mol. The van der Waals surface area contributed by atoms with Crippen molar-refractivity contribution in [3.8, 4) is 11.5 Å². The Balaban J connectivity index is 1.69. The van der Waals surface area contributed by atoms with Crippen LogP contribution in [0.15, 0.2) is 77.7 Å². The summed E-state index contributed by atoms with van der Waals surface area (Å²) in [6, 6.07) is 16.0. The first kappa shape index (κ1) is 25.9. The topological polar surface area (TPSA) is 93.7 Å². The molecular weight excluding hydrogens is 485 g/mol. The molecule has 2 N–H and O–H groups in total. The maximum Gasteiger partial charge on any atom is 0.416 e. The third-order valence-electron chi connectivity index (χ3n) is 4.88. The van der Waals surface area contributed by atoms with Gasteiger partial charge in [0.1, 0.15) is 0 Å². The molecule has 3 aromatic rings. The molecule has 0 saturated heterocycles. The summed E-state index contributed by atoms with van der Waals surface area (Å²) in [6.45, 7) is 1.77. The van der Waals surface area contributed by atoms with Crippen molar-refractivity contribution in [2.75, 3.05) is 17.1 Å². The number of nitrogens with one attached hydrogen (secondary N) is 2. The summed E-state index contributed by atoms with van der Waals surface area (Å²) >= 11 is 0. The van der Waals surface area contributed by atoms with Gasteiger partial charge in [0.05, 0.1) is 17.6 Å². The van der Waals surface area contributed by atoms with Gasteiger partial charge in [0, 0.05) is 11.4 Å². The summed E-state index contributed by atoms with van der Waals surface area (Å²) in [6.07, 6.45) is -5.08. The third kappa shape index (κ3) is 6.66. The molecule has 0 aliphatic rings. The molecule has 0 spiro atoms. The zero-order valence-corrected chi connectivity index (χ0v) is 19.6. The summed E-state index contributed by atoms with van der Waals surface area (Å²) < 4.78 is 77.0. The lowest BCUT2D eigenvalue weighted by Crippen LogP contribution is -2.32. The van der Waals surface area contributed by atoms with Crippen LogP contribution in [-0.4, -0.2) is 27.5 Å². The lowest BCUT2D eigenvalue weighted by atomic mass is 10.2. The number of benzene rings is 3. The zero-order chi connectivity index (χ0) is 25.6. The summed E-state index contributed by atoms with van der Waals surface area (Å²) in [4.78, 5) is 12.5. The van der Waals surface area contributed by atoms with Crippen LogP contribution in [0.1, 0.15) is 18.9 Å². The van der Waals surface area contributed by atoms with Crippen molar-refractivity contribution >= 4 is 27.3 Å². The molecule has 0 heterocycles. The standard InChI is InChI=1S/C24H23F3N2O5S/c1-3-20(34-22-10-5-4-9-21(22)33-2)23(30)28-17-11-13-19(14-12-17)35(31,32)29-18-8-6-7-16(15-18)24(25,26)27/h4-15,20,29H,3H2,1-2H3,(H,28,30)/t20-/m0/s1. The van der Waals surface area contributed by atoms with Crippen molar-refractivity contribution in [1.82, 2.24) is 0 Å². The predicted molar refractivity (Wildman–Crippen MR) is 125 cm³/mol. The Kier molecular flexibility index (Phi) is 7.90. The first-order valence-electron chi connectivity index (χ1n) is 10.4. The van der Waals surface area contributed by atoms with E-state index >= 15 is 0 Å². The number of halogens is 3. The number of alkyl halides is 3. The van der Waals surface area contributed by atoms with Gasteiger partial charge in [-0.2, -0.15) is 13.2 Å². The Morgan fingerprint density at radius 2 is 1.60 bits per heavy atom. The van der Waals surface area contributed by atoms with Crippen LogP contribution in [0.25, 0.3) is 0 Å². The van der Waals surface area contributed by atoms with E-state index in [4.69, 9.17) is 9.47 Å². The highest BCUT2D eigenvalue weighted by Gasteiger charge is 2.30. The molecule has 0 unspecified atom stereocenters. The lowest BCUT2D eigenvalue weighted by molar-refractivity contribution is -0.137. The largest absolute Gasteiger partial charge is 0.493 e. The fourth-order valence-corrected chi connectivity index (χ4v) is 4.15. The van der Waals surface area contributed by atoms with Crippen LogP contribution >= 0.6 is 0 Å². The Bertz CT molecular complexity index is 1280. The van der Waals surface area contributed by atoms with Gasteiger partial charge in [-0.3, -0.25) is 9.52 Å².